The van der Waals surface area contributed by atoms with Crippen molar-refractivity contribution in [2.24, 2.45) is 11.8 Å². The Morgan fingerprint density at radius 3 is 2.63 bits per heavy atom. The van der Waals surface area contributed by atoms with Crippen LogP contribution in [0.25, 0.3) is 0 Å². The number of benzene rings is 1. The van der Waals surface area contributed by atoms with Gasteiger partial charge in [-0.25, -0.2) is 0 Å². The fraction of sp³-hybridized carbons (Fsp3) is 0.727. The molecule has 1 spiro atoms. The molecule has 4 bridgehead atoms. The van der Waals surface area contributed by atoms with Gasteiger partial charge in [0.15, 0.2) is 5.79 Å². The van der Waals surface area contributed by atoms with E-state index in [9.17, 15) is 14.4 Å². The summed E-state index contributed by atoms with van der Waals surface area (Å²) in [6.45, 7) is 1.78. The minimum atomic E-state index is -1.37. The Kier molecular flexibility index (Phi) is 3.70. The highest BCUT2D eigenvalue weighted by atomic mass is 32.2. The largest absolute Gasteiger partial charge is 0.496 e. The molecular weight excluding hydrogens is 408 g/mol. The van der Waals surface area contributed by atoms with Crippen molar-refractivity contribution >= 4 is 10.8 Å². The average molecular weight is 437 g/mol. The van der Waals surface area contributed by atoms with E-state index in [1.54, 1.807) is 27.4 Å². The Balaban J connectivity index is 1.69. The molecule has 0 aromatic heterocycles. The molecule has 10 atom stereocenters. The summed E-state index contributed by atoms with van der Waals surface area (Å²) in [5.74, 6) is -1.06. The molecule has 8 heteroatoms. The number of hydrogen-bond acceptors (Lipinski definition) is 7. The number of rotatable bonds is 3. The third-order valence-electron chi connectivity index (χ3n) is 8.35. The van der Waals surface area contributed by atoms with E-state index >= 15 is 0 Å². The third-order valence-corrected chi connectivity index (χ3v) is 9.69. The minimum absolute atomic E-state index is 0.263. The van der Waals surface area contributed by atoms with E-state index < -0.39 is 50.8 Å². The molecule has 2 saturated carbocycles. The van der Waals surface area contributed by atoms with Gasteiger partial charge in [-0.05, 0) is 25.0 Å². The van der Waals surface area contributed by atoms with Crippen molar-refractivity contribution in [2.75, 3.05) is 20.5 Å². The second kappa shape index (κ2) is 5.66. The summed E-state index contributed by atoms with van der Waals surface area (Å²) >= 11 is 0. The monoisotopic (exact) mass is 436 g/mol. The highest BCUT2D eigenvalue weighted by molar-refractivity contribution is 7.85. The van der Waals surface area contributed by atoms with Crippen LogP contribution in [0, 0.1) is 11.8 Å². The zero-order chi connectivity index (χ0) is 21.3. The minimum Gasteiger partial charge on any atom is -0.496 e. The lowest BCUT2D eigenvalue weighted by Crippen LogP contribution is -2.79. The summed E-state index contributed by atoms with van der Waals surface area (Å²) in [6.07, 6.45) is 1.56. The summed E-state index contributed by atoms with van der Waals surface area (Å²) in [4.78, 5) is 0. The first kappa shape index (κ1) is 19.6. The predicted octanol–water partition coefficient (Wildman–Crippen LogP) is 1.59. The van der Waals surface area contributed by atoms with Crippen molar-refractivity contribution in [1.29, 1.82) is 0 Å². The van der Waals surface area contributed by atoms with Gasteiger partial charge in [-0.2, -0.15) is 0 Å². The number of hydrogen-bond donors (Lipinski definition) is 2. The molecule has 1 aromatic carbocycles. The number of fused-ring (bicyclic) bond motifs is 3. The van der Waals surface area contributed by atoms with Crippen LogP contribution in [-0.4, -0.2) is 62.7 Å². The SMILES string of the molecule is COc1cccc2c1[C@H]1O[C@@]34C[C@@H](S(C)=O)[C@@]1(O)[C@@H]1[C@H]2O[C@](OC)(C[C@](C)(O)C3)[C@@H]14. The molecular formula is C22H28O7S. The summed E-state index contributed by atoms with van der Waals surface area (Å²) in [7, 11) is 1.90. The Bertz CT molecular complexity index is 965. The second-order valence-electron chi connectivity index (χ2n) is 10.0. The summed E-state index contributed by atoms with van der Waals surface area (Å²) < 4.78 is 38.0. The smallest absolute Gasteiger partial charge is 0.177 e. The normalized spacial score (nSPS) is 53.3. The van der Waals surface area contributed by atoms with Crippen LogP contribution in [0.3, 0.4) is 0 Å². The number of methoxy groups -OCH3 is 2. The Morgan fingerprint density at radius 1 is 1.20 bits per heavy atom. The van der Waals surface area contributed by atoms with E-state index in [4.69, 9.17) is 18.9 Å². The van der Waals surface area contributed by atoms with E-state index in [0.717, 1.165) is 11.1 Å². The first-order valence-electron chi connectivity index (χ1n) is 10.5. The Labute approximate surface area is 178 Å². The van der Waals surface area contributed by atoms with Crippen molar-refractivity contribution in [1.82, 2.24) is 0 Å². The highest BCUT2D eigenvalue weighted by Gasteiger charge is 2.83. The summed E-state index contributed by atoms with van der Waals surface area (Å²) in [5.41, 5.74) is -1.59. The summed E-state index contributed by atoms with van der Waals surface area (Å²) in [6, 6.07) is 5.74. The van der Waals surface area contributed by atoms with Crippen molar-refractivity contribution in [3.05, 3.63) is 29.3 Å². The molecule has 3 aliphatic heterocycles. The summed E-state index contributed by atoms with van der Waals surface area (Å²) in [5, 5.41) is 23.0. The van der Waals surface area contributed by atoms with E-state index in [0.29, 0.717) is 25.0 Å². The van der Waals surface area contributed by atoms with Crippen molar-refractivity contribution < 1.29 is 33.4 Å². The number of ether oxygens (including phenoxy) is 4. The second-order valence-corrected chi connectivity index (χ2v) is 11.6. The fourth-order valence-electron chi connectivity index (χ4n) is 7.72. The van der Waals surface area contributed by atoms with Gasteiger partial charge in [-0.15, -0.1) is 0 Å². The van der Waals surface area contributed by atoms with E-state index in [1.807, 2.05) is 18.2 Å². The molecule has 2 N–H and O–H groups in total. The lowest BCUT2D eigenvalue weighted by Gasteiger charge is -2.69. The standard InChI is InChI=1S/C22H28O7S/c1-19(23)9-20-8-13(30(4)25)22(24)15-16(28-21(10-19,27-3)17(15)20)11-6-5-7-12(26-2)14(11)18(22)29-20/h5-7,13,15-18,23-24H,8-10H2,1-4H3/t13-,15-,16+,17+,18-,19-,20+,21-,22-,30?/m1/s1. The van der Waals surface area contributed by atoms with Crippen LogP contribution in [0.1, 0.15) is 49.5 Å². The zero-order valence-corrected chi connectivity index (χ0v) is 18.4. The molecule has 0 amide bonds. The predicted molar refractivity (Wildman–Crippen MR) is 107 cm³/mol. The molecule has 3 saturated heterocycles. The van der Waals surface area contributed by atoms with Gasteiger partial charge in [0.1, 0.15) is 17.5 Å². The molecule has 164 valence electrons. The molecule has 0 radical (unpaired) electrons. The van der Waals surface area contributed by atoms with Crippen molar-refractivity contribution in [3.63, 3.8) is 0 Å². The van der Waals surface area contributed by atoms with E-state index in [2.05, 4.69) is 0 Å². The zero-order valence-electron chi connectivity index (χ0n) is 17.6. The molecule has 7 nitrogen and oxygen atoms in total. The highest BCUT2D eigenvalue weighted by Crippen LogP contribution is 2.76. The Hall–Kier alpha value is -1.03. The van der Waals surface area contributed by atoms with Gasteiger partial charge in [-0.3, -0.25) is 4.21 Å². The lowest BCUT2D eigenvalue weighted by atomic mass is 9.47. The Morgan fingerprint density at radius 2 is 1.97 bits per heavy atom. The number of aliphatic hydroxyl groups is 2. The fourth-order valence-corrected chi connectivity index (χ4v) is 9.05. The quantitative estimate of drug-likeness (QED) is 0.743. The maximum absolute atomic E-state index is 12.9. The van der Waals surface area contributed by atoms with Crippen LogP contribution in [-0.2, 0) is 25.0 Å². The van der Waals surface area contributed by atoms with Gasteiger partial charge in [-0.1, -0.05) is 12.1 Å². The van der Waals surface area contributed by atoms with Gasteiger partial charge < -0.3 is 29.2 Å². The van der Waals surface area contributed by atoms with Gasteiger partial charge in [0.2, 0.25) is 0 Å². The van der Waals surface area contributed by atoms with Gasteiger partial charge in [0, 0.05) is 48.5 Å². The molecule has 5 fully saturated rings. The maximum Gasteiger partial charge on any atom is 0.177 e. The maximum atomic E-state index is 12.9. The van der Waals surface area contributed by atoms with Crippen LogP contribution in [0.15, 0.2) is 18.2 Å². The molecule has 3 heterocycles. The van der Waals surface area contributed by atoms with Gasteiger partial charge in [0.05, 0.1) is 35.6 Å². The van der Waals surface area contributed by atoms with Crippen LogP contribution in [0.5, 0.6) is 5.75 Å². The molecule has 1 aromatic rings. The molecule has 6 aliphatic rings. The molecule has 7 rings (SSSR count). The lowest BCUT2D eigenvalue weighted by molar-refractivity contribution is -0.373. The van der Waals surface area contributed by atoms with Gasteiger partial charge in [0.25, 0.3) is 0 Å². The molecule has 30 heavy (non-hydrogen) atoms. The van der Waals surface area contributed by atoms with Crippen LogP contribution >= 0.6 is 0 Å². The van der Waals surface area contributed by atoms with E-state index in [1.165, 1.54) is 0 Å². The first-order chi connectivity index (χ1) is 14.1. The van der Waals surface area contributed by atoms with Crippen molar-refractivity contribution in [3.8, 4) is 5.75 Å². The first-order valence-corrected chi connectivity index (χ1v) is 12.1. The van der Waals surface area contributed by atoms with Crippen LogP contribution < -0.4 is 4.74 Å². The van der Waals surface area contributed by atoms with Gasteiger partial charge >= 0.3 is 0 Å². The van der Waals surface area contributed by atoms with E-state index in [-0.39, 0.29) is 11.8 Å². The topological polar surface area (TPSA) is 94.5 Å². The van der Waals surface area contributed by atoms with Crippen molar-refractivity contribution in [2.45, 2.75) is 66.2 Å². The third kappa shape index (κ3) is 2.02. The molecule has 3 aliphatic carbocycles. The van der Waals surface area contributed by atoms with Crippen LogP contribution in [0.2, 0.25) is 0 Å². The van der Waals surface area contributed by atoms with Crippen LogP contribution in [0.4, 0.5) is 0 Å². The average Bonchev–Trinajstić information content (AvgIpc) is 3.05. The molecule has 1 unspecified atom stereocenters.